The lowest BCUT2D eigenvalue weighted by Crippen LogP contribution is -2.15. The van der Waals surface area contributed by atoms with Gasteiger partial charge in [0, 0.05) is 12.6 Å². The Balaban J connectivity index is 1.64. The second kappa shape index (κ2) is 8.62. The third-order valence-corrected chi connectivity index (χ3v) is 4.79. The minimum absolute atomic E-state index is 0.125. The third-order valence-electron chi connectivity index (χ3n) is 4.79. The highest BCUT2D eigenvalue weighted by atomic mass is 16.5. The summed E-state index contributed by atoms with van der Waals surface area (Å²) in [4.78, 5) is 16.8. The zero-order chi connectivity index (χ0) is 16.6. The first-order valence-corrected chi connectivity index (χ1v) is 8.98. The highest BCUT2D eigenvalue weighted by Gasteiger charge is 2.21. The molecule has 1 aliphatic carbocycles. The van der Waals surface area contributed by atoms with E-state index >= 15 is 0 Å². The van der Waals surface area contributed by atoms with Gasteiger partial charge in [-0.25, -0.2) is 0 Å². The Morgan fingerprint density at radius 1 is 1.04 bits per heavy atom. The third kappa shape index (κ3) is 4.67. The summed E-state index contributed by atoms with van der Waals surface area (Å²) in [5.74, 6) is 0.566. The molecular formula is C21H25NO2. The van der Waals surface area contributed by atoms with Crippen LogP contribution in [0.2, 0.25) is 0 Å². The second-order valence-electron chi connectivity index (χ2n) is 6.58. The van der Waals surface area contributed by atoms with Crippen LogP contribution in [0.15, 0.2) is 54.7 Å². The molecule has 1 atom stereocenters. The zero-order valence-electron chi connectivity index (χ0n) is 14.1. The summed E-state index contributed by atoms with van der Waals surface area (Å²) in [5, 5.41) is 0. The number of hydrogen-bond donors (Lipinski definition) is 0. The minimum atomic E-state index is -0.425. The van der Waals surface area contributed by atoms with Crippen molar-refractivity contribution in [3.8, 4) is 0 Å². The summed E-state index contributed by atoms with van der Waals surface area (Å²) in [6, 6.07) is 15.5. The van der Waals surface area contributed by atoms with Crippen LogP contribution in [0, 0.1) is 5.92 Å². The topological polar surface area (TPSA) is 39.2 Å². The van der Waals surface area contributed by atoms with Crippen LogP contribution in [0.25, 0.3) is 0 Å². The number of hydrogen-bond acceptors (Lipinski definition) is 3. The lowest BCUT2D eigenvalue weighted by Gasteiger charge is -2.22. The predicted molar refractivity (Wildman–Crippen MR) is 94.4 cm³/mol. The van der Waals surface area contributed by atoms with Gasteiger partial charge < -0.3 is 4.74 Å². The van der Waals surface area contributed by atoms with Crippen LogP contribution in [0.4, 0.5) is 0 Å². The number of pyridine rings is 1. The average molecular weight is 323 g/mol. The Hall–Kier alpha value is -2.16. The molecule has 0 N–H and O–H groups in total. The monoisotopic (exact) mass is 323 g/mol. The minimum Gasteiger partial charge on any atom is -0.451 e. The molecule has 0 saturated heterocycles. The van der Waals surface area contributed by atoms with Crippen molar-refractivity contribution in [2.75, 3.05) is 0 Å². The summed E-state index contributed by atoms with van der Waals surface area (Å²) in [5.41, 5.74) is 1.73. The van der Waals surface area contributed by atoms with Gasteiger partial charge in [0.25, 0.3) is 0 Å². The van der Waals surface area contributed by atoms with Crippen molar-refractivity contribution in [2.24, 2.45) is 5.92 Å². The van der Waals surface area contributed by atoms with Crippen molar-refractivity contribution >= 4 is 5.97 Å². The number of esters is 1. The van der Waals surface area contributed by atoms with E-state index in [9.17, 15) is 4.79 Å². The van der Waals surface area contributed by atoms with Crippen molar-refractivity contribution in [3.63, 3.8) is 0 Å². The Kier molecular flexibility index (Phi) is 6.00. The van der Waals surface area contributed by atoms with Gasteiger partial charge in [0.15, 0.2) is 6.10 Å². The Labute approximate surface area is 144 Å². The van der Waals surface area contributed by atoms with E-state index < -0.39 is 6.10 Å². The van der Waals surface area contributed by atoms with E-state index in [2.05, 4.69) is 4.98 Å². The number of carbonyl (C=O) groups excluding carboxylic acids is 1. The molecule has 0 spiro atoms. The van der Waals surface area contributed by atoms with Crippen molar-refractivity contribution in [2.45, 2.75) is 51.0 Å². The highest BCUT2D eigenvalue weighted by Crippen LogP contribution is 2.29. The number of carbonyl (C=O) groups is 1. The van der Waals surface area contributed by atoms with Crippen molar-refractivity contribution < 1.29 is 9.53 Å². The van der Waals surface area contributed by atoms with Crippen LogP contribution in [0.3, 0.4) is 0 Å². The number of aromatic nitrogens is 1. The maximum atomic E-state index is 12.4. The fourth-order valence-electron chi connectivity index (χ4n) is 3.45. The van der Waals surface area contributed by atoms with E-state index in [0.29, 0.717) is 12.3 Å². The molecule has 2 aromatic rings. The Morgan fingerprint density at radius 2 is 1.79 bits per heavy atom. The molecule has 1 aromatic carbocycles. The molecule has 0 amide bonds. The maximum absolute atomic E-state index is 12.4. The summed E-state index contributed by atoms with van der Waals surface area (Å²) in [6.07, 6.45) is 9.24. The molecule has 0 radical (unpaired) electrons. The number of ether oxygens (including phenoxy) is 1. The zero-order valence-corrected chi connectivity index (χ0v) is 14.1. The van der Waals surface area contributed by atoms with Gasteiger partial charge in [-0.2, -0.15) is 0 Å². The van der Waals surface area contributed by atoms with E-state index in [-0.39, 0.29) is 5.97 Å². The molecule has 3 nitrogen and oxygen atoms in total. The van der Waals surface area contributed by atoms with Crippen LogP contribution in [-0.2, 0) is 9.53 Å². The number of benzene rings is 1. The molecule has 1 aromatic heterocycles. The van der Waals surface area contributed by atoms with Gasteiger partial charge in [-0.05, 0) is 30.0 Å². The molecule has 3 heteroatoms. The van der Waals surface area contributed by atoms with Gasteiger partial charge in [-0.15, -0.1) is 0 Å². The Bertz CT molecular complexity index is 581. The second-order valence-corrected chi connectivity index (χ2v) is 6.58. The summed E-state index contributed by atoms with van der Waals surface area (Å²) in [7, 11) is 0. The first kappa shape index (κ1) is 16.7. The van der Waals surface area contributed by atoms with Crippen LogP contribution in [0.1, 0.15) is 62.3 Å². The van der Waals surface area contributed by atoms with Crippen molar-refractivity contribution in [3.05, 3.63) is 66.0 Å². The average Bonchev–Trinajstić information content (AvgIpc) is 2.67. The van der Waals surface area contributed by atoms with Crippen molar-refractivity contribution in [1.82, 2.24) is 4.98 Å². The molecule has 126 valence electrons. The quantitative estimate of drug-likeness (QED) is 0.696. The smallest absolute Gasteiger partial charge is 0.306 e. The van der Waals surface area contributed by atoms with Gasteiger partial charge in [0.1, 0.15) is 0 Å². The van der Waals surface area contributed by atoms with E-state index in [1.54, 1.807) is 6.20 Å². The Morgan fingerprint density at radius 3 is 2.50 bits per heavy atom. The van der Waals surface area contributed by atoms with Crippen LogP contribution in [-0.4, -0.2) is 11.0 Å². The molecule has 1 heterocycles. The van der Waals surface area contributed by atoms with Gasteiger partial charge in [-0.1, -0.05) is 68.5 Å². The van der Waals surface area contributed by atoms with Gasteiger partial charge in [0.05, 0.1) is 5.69 Å². The van der Waals surface area contributed by atoms with E-state index in [4.69, 9.17) is 4.74 Å². The van der Waals surface area contributed by atoms with E-state index in [0.717, 1.165) is 17.7 Å². The molecule has 1 fully saturated rings. The van der Waals surface area contributed by atoms with E-state index in [1.807, 2.05) is 48.5 Å². The molecule has 1 unspecified atom stereocenters. The highest BCUT2D eigenvalue weighted by molar-refractivity contribution is 5.70. The van der Waals surface area contributed by atoms with Gasteiger partial charge in [0.2, 0.25) is 0 Å². The van der Waals surface area contributed by atoms with Crippen LogP contribution in [0.5, 0.6) is 0 Å². The summed E-state index contributed by atoms with van der Waals surface area (Å²) < 4.78 is 5.81. The molecule has 24 heavy (non-hydrogen) atoms. The van der Waals surface area contributed by atoms with Crippen molar-refractivity contribution in [1.29, 1.82) is 0 Å². The fourth-order valence-corrected chi connectivity index (χ4v) is 3.45. The molecule has 0 aliphatic heterocycles. The lowest BCUT2D eigenvalue weighted by molar-refractivity contribution is -0.148. The van der Waals surface area contributed by atoms with Crippen LogP contribution < -0.4 is 0 Å². The predicted octanol–water partition coefficient (Wildman–Crippen LogP) is 5.07. The van der Waals surface area contributed by atoms with Gasteiger partial charge >= 0.3 is 5.97 Å². The molecular weight excluding hydrogens is 298 g/mol. The summed E-state index contributed by atoms with van der Waals surface area (Å²) in [6.45, 7) is 0. The first-order chi connectivity index (χ1) is 11.8. The molecule has 0 bridgehead atoms. The number of nitrogens with zero attached hydrogens (tertiary/aromatic N) is 1. The van der Waals surface area contributed by atoms with E-state index in [1.165, 1.54) is 32.1 Å². The normalized spacial score (nSPS) is 16.5. The molecule has 1 aliphatic rings. The molecule has 1 saturated carbocycles. The SMILES string of the molecule is O=C(CCC1CCCCC1)OC(c1ccccc1)c1ccccn1. The molecule has 3 rings (SSSR count). The van der Waals surface area contributed by atoms with Crippen LogP contribution >= 0.6 is 0 Å². The summed E-state index contributed by atoms with van der Waals surface area (Å²) >= 11 is 0. The standard InChI is InChI=1S/C21H25NO2/c23-20(15-14-17-9-3-1-4-10-17)24-21(18-11-5-2-6-12-18)19-13-7-8-16-22-19/h2,5-8,11-13,16-17,21H,1,3-4,9-10,14-15H2. The lowest BCUT2D eigenvalue weighted by atomic mass is 9.86. The number of rotatable bonds is 6. The van der Waals surface area contributed by atoms with Gasteiger partial charge in [-0.3, -0.25) is 9.78 Å². The first-order valence-electron chi connectivity index (χ1n) is 8.98. The fraction of sp³-hybridized carbons (Fsp3) is 0.429. The maximum Gasteiger partial charge on any atom is 0.306 e. The largest absolute Gasteiger partial charge is 0.451 e.